The third-order valence-electron chi connectivity index (χ3n) is 5.11. The van der Waals surface area contributed by atoms with Crippen molar-refractivity contribution in [3.8, 4) is 0 Å². The van der Waals surface area contributed by atoms with Gasteiger partial charge in [-0.15, -0.1) is 0 Å². The fraction of sp³-hybridized carbons (Fsp3) is 0.958. The van der Waals surface area contributed by atoms with Crippen LogP contribution >= 0.6 is 7.82 Å². The molecule has 0 heterocycles. The third kappa shape index (κ3) is 66.2. The Morgan fingerprint density at radius 3 is 1.14 bits per heavy atom. The molecule has 0 rings (SSSR count). The Kier molecular flexibility index (Phi) is 40.6. The minimum absolute atomic E-state index is 0. The minimum Gasteiger partial charge on any atom is -0.343 e. The molecule has 0 aromatic carbocycles. The van der Waals surface area contributed by atoms with Crippen molar-refractivity contribution < 1.29 is 66.0 Å². The van der Waals surface area contributed by atoms with E-state index in [2.05, 4.69) is 25.3 Å². The molecule has 0 spiro atoms. The SMILES string of the molecule is CCCCCCCCCCCCOP(=O)(O)O.O=S(=O)(O)O.[CH2-]CCCCCCCCCCC.[Na+]. The van der Waals surface area contributed by atoms with Crippen LogP contribution in [0.15, 0.2) is 0 Å². The molecule has 210 valence electrons. The van der Waals surface area contributed by atoms with E-state index in [-0.39, 0.29) is 36.2 Å². The fourth-order valence-electron chi connectivity index (χ4n) is 3.26. The zero-order valence-electron chi connectivity index (χ0n) is 22.8. The van der Waals surface area contributed by atoms with Gasteiger partial charge in [-0.25, -0.2) is 4.57 Å². The van der Waals surface area contributed by atoms with Crippen LogP contribution in [0.4, 0.5) is 0 Å². The second-order valence-electron chi connectivity index (χ2n) is 8.64. The summed E-state index contributed by atoms with van der Waals surface area (Å²) in [4.78, 5) is 16.9. The van der Waals surface area contributed by atoms with E-state index in [9.17, 15) is 4.57 Å². The molecule has 0 aromatic rings. The molecule has 0 aliphatic carbocycles. The average Bonchev–Trinajstić information content (AvgIpc) is 2.72. The molecule has 0 radical (unpaired) electrons. The van der Waals surface area contributed by atoms with E-state index in [1.54, 1.807) is 0 Å². The van der Waals surface area contributed by atoms with Crippen LogP contribution in [0.2, 0.25) is 0 Å². The Morgan fingerprint density at radius 1 is 0.629 bits per heavy atom. The summed E-state index contributed by atoms with van der Waals surface area (Å²) < 4.78 is 46.3. The fourth-order valence-corrected chi connectivity index (χ4v) is 3.63. The molecule has 0 aliphatic rings. The molecule has 11 heteroatoms. The van der Waals surface area contributed by atoms with Gasteiger partial charge in [-0.1, -0.05) is 129 Å². The molecule has 0 saturated heterocycles. The number of unbranched alkanes of at least 4 members (excludes halogenated alkanes) is 18. The smallest absolute Gasteiger partial charge is 0.343 e. The maximum Gasteiger partial charge on any atom is 1.00 e. The van der Waals surface area contributed by atoms with Gasteiger partial charge in [0.25, 0.3) is 0 Å². The van der Waals surface area contributed by atoms with E-state index in [0.29, 0.717) is 0 Å². The van der Waals surface area contributed by atoms with Crippen LogP contribution in [0.25, 0.3) is 0 Å². The summed E-state index contributed by atoms with van der Waals surface area (Å²) in [5.74, 6) is 0. The molecule has 35 heavy (non-hydrogen) atoms. The largest absolute Gasteiger partial charge is 1.00 e. The molecule has 0 aromatic heterocycles. The number of hydrogen-bond acceptors (Lipinski definition) is 4. The maximum atomic E-state index is 10.4. The van der Waals surface area contributed by atoms with Crippen molar-refractivity contribution in [1.82, 2.24) is 0 Å². The molecule has 8 nitrogen and oxygen atoms in total. The molecule has 0 unspecified atom stereocenters. The van der Waals surface area contributed by atoms with Crippen LogP contribution in [0.3, 0.4) is 0 Å². The number of rotatable bonds is 21. The Balaban J connectivity index is -0.000000233. The molecule has 0 amide bonds. The van der Waals surface area contributed by atoms with E-state index in [0.717, 1.165) is 25.7 Å². The first-order valence-corrected chi connectivity index (χ1v) is 16.1. The van der Waals surface area contributed by atoms with Gasteiger partial charge in [0.1, 0.15) is 0 Å². The number of phosphoric acid groups is 1. The summed E-state index contributed by atoms with van der Waals surface area (Å²) in [6, 6.07) is 0. The van der Waals surface area contributed by atoms with Crippen LogP contribution in [0.5, 0.6) is 0 Å². The summed E-state index contributed by atoms with van der Waals surface area (Å²) in [5.41, 5.74) is 0. The molecule has 0 atom stereocenters. The minimum atomic E-state index is -4.67. The maximum absolute atomic E-state index is 10.4. The monoisotopic (exact) mass is 556 g/mol. The van der Waals surface area contributed by atoms with Gasteiger partial charge in [-0.2, -0.15) is 14.8 Å². The van der Waals surface area contributed by atoms with Crippen LogP contribution in [0.1, 0.15) is 142 Å². The summed E-state index contributed by atoms with van der Waals surface area (Å²) >= 11 is 0. The van der Waals surface area contributed by atoms with Crippen molar-refractivity contribution in [1.29, 1.82) is 0 Å². The zero-order chi connectivity index (χ0) is 26.6. The molecule has 0 bridgehead atoms. The Labute approximate surface area is 238 Å². The molecular weight excluding hydrogens is 502 g/mol. The van der Waals surface area contributed by atoms with Gasteiger partial charge in [0, 0.05) is 0 Å². The Morgan fingerprint density at radius 2 is 0.886 bits per heavy atom. The van der Waals surface area contributed by atoms with Crippen molar-refractivity contribution in [2.75, 3.05) is 6.61 Å². The predicted molar refractivity (Wildman–Crippen MR) is 141 cm³/mol. The van der Waals surface area contributed by atoms with Crippen molar-refractivity contribution in [2.24, 2.45) is 0 Å². The normalized spacial score (nSPS) is 11.1. The summed E-state index contributed by atoms with van der Waals surface area (Å²) in [6.45, 7) is 8.51. The van der Waals surface area contributed by atoms with E-state index < -0.39 is 18.2 Å². The quantitative estimate of drug-likeness (QED) is 0.0503. The second kappa shape index (κ2) is 33.0. The van der Waals surface area contributed by atoms with Crippen LogP contribution in [-0.4, -0.2) is 33.9 Å². The molecule has 0 fully saturated rings. The average molecular weight is 557 g/mol. The van der Waals surface area contributed by atoms with E-state index in [1.807, 2.05) is 0 Å². The Hall–Kier alpha value is 0.980. The Bertz CT molecular complexity index is 512. The van der Waals surface area contributed by atoms with Crippen LogP contribution in [-0.2, 0) is 19.5 Å². The van der Waals surface area contributed by atoms with Gasteiger partial charge in [-0.05, 0) is 6.42 Å². The van der Waals surface area contributed by atoms with Crippen molar-refractivity contribution >= 4 is 18.2 Å². The zero-order valence-corrected chi connectivity index (χ0v) is 26.5. The van der Waals surface area contributed by atoms with E-state index >= 15 is 0 Å². The van der Waals surface area contributed by atoms with Crippen LogP contribution < -0.4 is 29.6 Å². The van der Waals surface area contributed by atoms with E-state index in [4.69, 9.17) is 27.3 Å². The standard InChI is InChI=1S/C12H27O4P.C12H25.Na.H2O4S/c1-2-3-4-5-6-7-8-9-10-11-12-16-17(13,14)15;1-3-5-7-9-11-12-10-8-6-4-2;;1-5(2,3)4/h2-12H2,1H3,(H2,13,14,15);1,3-12H2,2H3;;(H2,1,2,3,4)/q;-1;+1;. The molecule has 0 saturated carbocycles. The van der Waals surface area contributed by atoms with Crippen molar-refractivity contribution in [3.05, 3.63) is 6.92 Å². The predicted octanol–water partition coefficient (Wildman–Crippen LogP) is 5.11. The van der Waals surface area contributed by atoms with Gasteiger partial charge < -0.3 is 16.7 Å². The van der Waals surface area contributed by atoms with Gasteiger partial charge in [-0.3, -0.25) is 13.6 Å². The molecule has 0 aliphatic heterocycles. The van der Waals surface area contributed by atoms with Crippen LogP contribution in [0, 0.1) is 6.92 Å². The van der Waals surface area contributed by atoms with Gasteiger partial charge >= 0.3 is 47.8 Å². The summed E-state index contributed by atoms with van der Waals surface area (Å²) in [7, 11) is -8.91. The third-order valence-corrected chi connectivity index (χ3v) is 5.63. The van der Waals surface area contributed by atoms with Crippen molar-refractivity contribution in [3.63, 3.8) is 0 Å². The van der Waals surface area contributed by atoms with Crippen molar-refractivity contribution in [2.45, 2.75) is 142 Å². The first-order chi connectivity index (χ1) is 16.0. The number of phosphoric ester groups is 1. The summed E-state index contributed by atoms with van der Waals surface area (Å²) in [5, 5.41) is 0. The first kappa shape index (κ1) is 43.0. The van der Waals surface area contributed by atoms with Gasteiger partial charge in [0.05, 0.1) is 6.61 Å². The van der Waals surface area contributed by atoms with E-state index in [1.165, 1.54) is 103 Å². The first-order valence-electron chi connectivity index (χ1n) is 13.2. The second-order valence-corrected chi connectivity index (χ2v) is 10.8. The topological polar surface area (TPSA) is 141 Å². The number of hydrogen-bond donors (Lipinski definition) is 4. The summed E-state index contributed by atoms with van der Waals surface area (Å²) in [6.07, 6.45) is 25.9. The molecular formula is C24H54NaO8PS. The molecule has 4 N–H and O–H groups in total. The van der Waals surface area contributed by atoms with Gasteiger partial charge in [0.2, 0.25) is 0 Å². The van der Waals surface area contributed by atoms with Gasteiger partial charge in [0.15, 0.2) is 0 Å².